The van der Waals surface area contributed by atoms with Gasteiger partial charge in [0.05, 0.1) is 6.10 Å². The van der Waals surface area contributed by atoms with Crippen LogP contribution in [0.5, 0.6) is 0 Å². The molecule has 0 aliphatic carbocycles. The van der Waals surface area contributed by atoms with Crippen molar-refractivity contribution in [3.63, 3.8) is 0 Å². The van der Waals surface area contributed by atoms with Gasteiger partial charge in [-0.3, -0.25) is 4.90 Å². The second-order valence-electron chi connectivity index (χ2n) is 6.35. The summed E-state index contributed by atoms with van der Waals surface area (Å²) < 4.78 is 0. The summed E-state index contributed by atoms with van der Waals surface area (Å²) in [5.74, 6) is 0. The molecule has 2 rings (SSSR count). The second kappa shape index (κ2) is 8.52. The summed E-state index contributed by atoms with van der Waals surface area (Å²) in [6.07, 6.45) is 4.48. The number of hydrogen-bond acceptors (Lipinski definition) is 3. The number of likely N-dealkylation sites (tertiary alicyclic amines) is 1. The van der Waals surface area contributed by atoms with Gasteiger partial charge in [-0.2, -0.15) is 0 Å². The Morgan fingerprint density at radius 2 is 2.10 bits per heavy atom. The van der Waals surface area contributed by atoms with Gasteiger partial charge in [0.25, 0.3) is 0 Å². The summed E-state index contributed by atoms with van der Waals surface area (Å²) in [5, 5.41) is 10.00. The molecule has 1 aliphatic rings. The average molecular weight is 290 g/mol. The first-order chi connectivity index (χ1) is 10.2. The van der Waals surface area contributed by atoms with Crippen LogP contribution < -0.4 is 0 Å². The maximum Gasteiger partial charge on any atom is 0.0664 e. The summed E-state index contributed by atoms with van der Waals surface area (Å²) >= 11 is 0. The van der Waals surface area contributed by atoms with Crippen LogP contribution in [-0.4, -0.2) is 53.7 Å². The molecule has 1 heterocycles. The van der Waals surface area contributed by atoms with Crippen molar-refractivity contribution in [2.45, 2.75) is 51.3 Å². The van der Waals surface area contributed by atoms with E-state index in [1.54, 1.807) is 0 Å². The zero-order valence-electron chi connectivity index (χ0n) is 13.5. The smallest absolute Gasteiger partial charge is 0.0664 e. The van der Waals surface area contributed by atoms with Crippen LogP contribution in [0.4, 0.5) is 0 Å². The van der Waals surface area contributed by atoms with Gasteiger partial charge in [-0.15, -0.1) is 0 Å². The molecule has 3 heteroatoms. The van der Waals surface area contributed by atoms with E-state index in [0.29, 0.717) is 0 Å². The predicted octanol–water partition coefficient (Wildman–Crippen LogP) is 2.74. The normalized spacial score (nSPS) is 21.0. The second-order valence-corrected chi connectivity index (χ2v) is 6.35. The number of benzene rings is 1. The number of hydrogen-bond donors (Lipinski definition) is 1. The van der Waals surface area contributed by atoms with Crippen LogP contribution in [0.15, 0.2) is 30.3 Å². The fraction of sp³-hybridized carbons (Fsp3) is 0.667. The van der Waals surface area contributed by atoms with Crippen molar-refractivity contribution < 1.29 is 5.11 Å². The molecule has 1 N–H and O–H groups in total. The third-order valence-corrected chi connectivity index (χ3v) is 4.64. The lowest BCUT2D eigenvalue weighted by molar-refractivity contribution is 0.0999. The highest BCUT2D eigenvalue weighted by molar-refractivity contribution is 5.14. The van der Waals surface area contributed by atoms with Gasteiger partial charge in [0.15, 0.2) is 0 Å². The molecule has 1 aromatic carbocycles. The van der Waals surface area contributed by atoms with Crippen molar-refractivity contribution in [2.75, 3.05) is 26.7 Å². The van der Waals surface area contributed by atoms with E-state index < -0.39 is 0 Å². The van der Waals surface area contributed by atoms with Crippen molar-refractivity contribution in [2.24, 2.45) is 0 Å². The Bertz CT molecular complexity index is 395. The number of rotatable bonds is 8. The van der Waals surface area contributed by atoms with Crippen LogP contribution in [0.2, 0.25) is 0 Å². The van der Waals surface area contributed by atoms with Crippen molar-refractivity contribution >= 4 is 0 Å². The fourth-order valence-corrected chi connectivity index (χ4v) is 3.18. The highest BCUT2D eigenvalue weighted by Gasteiger charge is 2.21. The average Bonchev–Trinajstić information content (AvgIpc) is 2.91. The maximum absolute atomic E-state index is 10.00. The summed E-state index contributed by atoms with van der Waals surface area (Å²) in [4.78, 5) is 4.90. The minimum Gasteiger partial charge on any atom is -0.392 e. The molecule has 0 radical (unpaired) electrons. The van der Waals surface area contributed by atoms with Crippen LogP contribution in [0.3, 0.4) is 0 Å². The van der Waals surface area contributed by atoms with E-state index in [1.165, 1.54) is 31.4 Å². The Balaban J connectivity index is 1.88. The molecule has 118 valence electrons. The van der Waals surface area contributed by atoms with Gasteiger partial charge in [0.2, 0.25) is 0 Å². The molecule has 0 bridgehead atoms. The van der Waals surface area contributed by atoms with Gasteiger partial charge in [0.1, 0.15) is 0 Å². The lowest BCUT2D eigenvalue weighted by Gasteiger charge is -2.28. The van der Waals surface area contributed by atoms with Crippen molar-refractivity contribution in [1.82, 2.24) is 9.80 Å². The molecule has 0 aromatic heterocycles. The molecule has 21 heavy (non-hydrogen) atoms. The Hall–Kier alpha value is -0.900. The molecule has 0 amide bonds. The van der Waals surface area contributed by atoms with Crippen LogP contribution >= 0.6 is 0 Å². The highest BCUT2D eigenvalue weighted by Crippen LogP contribution is 2.19. The molecule has 0 saturated carbocycles. The minimum atomic E-state index is -0.213. The van der Waals surface area contributed by atoms with Crippen molar-refractivity contribution in [3.05, 3.63) is 35.9 Å². The quantitative estimate of drug-likeness (QED) is 0.797. The Morgan fingerprint density at radius 3 is 2.71 bits per heavy atom. The van der Waals surface area contributed by atoms with Gasteiger partial charge in [-0.25, -0.2) is 0 Å². The topological polar surface area (TPSA) is 26.7 Å². The van der Waals surface area contributed by atoms with E-state index in [4.69, 9.17) is 0 Å². The van der Waals surface area contributed by atoms with Crippen LogP contribution in [0, 0.1) is 0 Å². The van der Waals surface area contributed by atoms with Gasteiger partial charge in [-0.05, 0) is 44.8 Å². The van der Waals surface area contributed by atoms with Gasteiger partial charge in [0, 0.05) is 25.7 Å². The lowest BCUT2D eigenvalue weighted by atomic mass is 10.1. The van der Waals surface area contributed by atoms with E-state index in [9.17, 15) is 5.11 Å². The molecule has 1 aromatic rings. The molecule has 1 fully saturated rings. The van der Waals surface area contributed by atoms with Crippen molar-refractivity contribution in [3.8, 4) is 0 Å². The third kappa shape index (κ3) is 5.42. The van der Waals surface area contributed by atoms with Gasteiger partial charge in [-0.1, -0.05) is 37.3 Å². The predicted molar refractivity (Wildman–Crippen MR) is 88.3 cm³/mol. The number of aliphatic hydroxyl groups is 1. The third-order valence-electron chi connectivity index (χ3n) is 4.64. The summed E-state index contributed by atoms with van der Waals surface area (Å²) in [6.45, 7) is 6.08. The molecular formula is C18H30N2O. The zero-order valence-corrected chi connectivity index (χ0v) is 13.5. The molecule has 1 saturated heterocycles. The Morgan fingerprint density at radius 1 is 1.33 bits per heavy atom. The maximum atomic E-state index is 10.00. The van der Waals surface area contributed by atoms with Gasteiger partial charge < -0.3 is 10.0 Å². The number of nitrogens with zero attached hydrogens (tertiary/aromatic N) is 2. The first-order valence-electron chi connectivity index (χ1n) is 8.33. The van der Waals surface area contributed by atoms with E-state index in [-0.39, 0.29) is 6.10 Å². The van der Waals surface area contributed by atoms with E-state index >= 15 is 0 Å². The Labute approximate surface area is 129 Å². The Kier molecular flexibility index (Phi) is 6.68. The molecular weight excluding hydrogens is 260 g/mol. The van der Waals surface area contributed by atoms with Crippen LogP contribution in [0.25, 0.3) is 0 Å². The SMILES string of the molecule is CCC(O)CN(CCC1CCCN1C)Cc1ccccc1. The summed E-state index contributed by atoms with van der Waals surface area (Å²) in [7, 11) is 2.24. The van der Waals surface area contributed by atoms with E-state index in [2.05, 4.69) is 54.1 Å². The monoisotopic (exact) mass is 290 g/mol. The fourth-order valence-electron chi connectivity index (χ4n) is 3.18. The van der Waals surface area contributed by atoms with Gasteiger partial charge >= 0.3 is 0 Å². The highest BCUT2D eigenvalue weighted by atomic mass is 16.3. The van der Waals surface area contributed by atoms with Crippen LogP contribution in [0.1, 0.15) is 38.2 Å². The molecule has 0 spiro atoms. The summed E-state index contributed by atoms with van der Waals surface area (Å²) in [6, 6.07) is 11.3. The first-order valence-corrected chi connectivity index (χ1v) is 8.33. The zero-order chi connectivity index (χ0) is 15.1. The standard InChI is InChI=1S/C18H30N2O/c1-3-18(21)15-20(14-16-8-5-4-6-9-16)13-11-17-10-7-12-19(17)2/h4-6,8-9,17-18,21H,3,7,10-15H2,1-2H3. The largest absolute Gasteiger partial charge is 0.392 e. The number of aliphatic hydroxyl groups excluding tert-OH is 1. The molecule has 1 aliphatic heterocycles. The minimum absolute atomic E-state index is 0.213. The lowest BCUT2D eigenvalue weighted by Crippen LogP contribution is -2.36. The molecule has 2 atom stereocenters. The molecule has 3 nitrogen and oxygen atoms in total. The van der Waals surface area contributed by atoms with E-state index in [0.717, 1.165) is 32.1 Å². The van der Waals surface area contributed by atoms with Crippen LogP contribution in [-0.2, 0) is 6.54 Å². The first kappa shape index (κ1) is 16.5. The summed E-state index contributed by atoms with van der Waals surface area (Å²) in [5.41, 5.74) is 1.33. The molecule has 2 unspecified atom stereocenters. The van der Waals surface area contributed by atoms with Crippen molar-refractivity contribution in [1.29, 1.82) is 0 Å². The van der Waals surface area contributed by atoms with E-state index in [1.807, 2.05) is 0 Å².